The van der Waals surface area contributed by atoms with Crippen LogP contribution in [0.1, 0.15) is 38.8 Å². The third-order valence-electron chi connectivity index (χ3n) is 5.80. The lowest BCUT2D eigenvalue weighted by molar-refractivity contribution is -0.182. The van der Waals surface area contributed by atoms with E-state index in [0.29, 0.717) is 0 Å². The SMILES string of the molecule is CC(C)(C)N1C(=O)C2ON(CCC(N)=O)C(c3ccc(-c4ccccc4)cc3)C2C1=O. The van der Waals surface area contributed by atoms with Crippen LogP contribution in [0.3, 0.4) is 0 Å². The van der Waals surface area contributed by atoms with Gasteiger partial charge in [0, 0.05) is 18.5 Å². The average Bonchev–Trinajstić information content (AvgIpc) is 3.22. The first-order valence-electron chi connectivity index (χ1n) is 10.4. The Bertz CT molecular complexity index is 998. The number of carbonyl (C=O) groups is 3. The van der Waals surface area contributed by atoms with Crippen molar-refractivity contribution in [2.45, 2.75) is 44.9 Å². The molecule has 2 heterocycles. The second-order valence-corrected chi connectivity index (χ2v) is 9.02. The van der Waals surface area contributed by atoms with Crippen molar-refractivity contribution in [3.8, 4) is 11.1 Å². The zero-order valence-electron chi connectivity index (χ0n) is 17.9. The van der Waals surface area contributed by atoms with E-state index in [9.17, 15) is 14.4 Å². The summed E-state index contributed by atoms with van der Waals surface area (Å²) in [4.78, 5) is 44.9. The molecule has 3 atom stereocenters. The van der Waals surface area contributed by atoms with Gasteiger partial charge in [-0.3, -0.25) is 24.1 Å². The number of benzene rings is 2. The molecule has 2 saturated heterocycles. The van der Waals surface area contributed by atoms with Gasteiger partial charge in [0.1, 0.15) is 0 Å². The van der Waals surface area contributed by atoms with E-state index in [1.807, 2.05) is 75.4 Å². The van der Waals surface area contributed by atoms with E-state index >= 15 is 0 Å². The summed E-state index contributed by atoms with van der Waals surface area (Å²) in [5, 5.41) is 1.58. The second kappa shape index (κ2) is 7.90. The smallest absolute Gasteiger partial charge is 0.261 e. The molecule has 162 valence electrons. The van der Waals surface area contributed by atoms with Crippen molar-refractivity contribution >= 4 is 17.7 Å². The summed E-state index contributed by atoms with van der Waals surface area (Å²) in [6.45, 7) is 5.71. The third kappa shape index (κ3) is 3.86. The second-order valence-electron chi connectivity index (χ2n) is 9.02. The van der Waals surface area contributed by atoms with Gasteiger partial charge in [0.05, 0.1) is 12.0 Å². The number of amides is 3. The number of carbonyl (C=O) groups excluding carboxylic acids is 3. The van der Waals surface area contributed by atoms with E-state index in [0.717, 1.165) is 16.7 Å². The molecule has 0 radical (unpaired) electrons. The minimum absolute atomic E-state index is 0.0728. The fourth-order valence-electron chi connectivity index (χ4n) is 4.42. The molecule has 3 amide bonds. The first-order chi connectivity index (χ1) is 14.7. The molecule has 0 spiro atoms. The molecule has 7 nitrogen and oxygen atoms in total. The summed E-state index contributed by atoms with van der Waals surface area (Å²) < 4.78 is 0. The Labute approximate surface area is 181 Å². The number of hydrogen-bond acceptors (Lipinski definition) is 5. The predicted molar refractivity (Wildman–Crippen MR) is 115 cm³/mol. The highest BCUT2D eigenvalue weighted by Crippen LogP contribution is 2.46. The van der Waals surface area contributed by atoms with E-state index in [-0.39, 0.29) is 24.8 Å². The Hall–Kier alpha value is -3.03. The lowest BCUT2D eigenvalue weighted by atomic mass is 9.89. The maximum atomic E-state index is 13.3. The molecule has 2 aromatic rings. The van der Waals surface area contributed by atoms with Crippen molar-refractivity contribution in [1.29, 1.82) is 0 Å². The van der Waals surface area contributed by atoms with Gasteiger partial charge in [-0.15, -0.1) is 0 Å². The van der Waals surface area contributed by atoms with Crippen LogP contribution in [0.4, 0.5) is 0 Å². The van der Waals surface area contributed by atoms with Crippen molar-refractivity contribution in [3.05, 3.63) is 60.2 Å². The molecule has 2 aliphatic heterocycles. The number of nitrogens with zero attached hydrogens (tertiary/aromatic N) is 2. The number of fused-ring (bicyclic) bond motifs is 1. The molecule has 3 unspecified atom stereocenters. The van der Waals surface area contributed by atoms with E-state index in [2.05, 4.69) is 0 Å². The zero-order valence-corrected chi connectivity index (χ0v) is 17.9. The molecule has 2 aromatic carbocycles. The minimum atomic E-state index is -0.890. The van der Waals surface area contributed by atoms with Crippen molar-refractivity contribution in [2.24, 2.45) is 11.7 Å². The van der Waals surface area contributed by atoms with Crippen molar-refractivity contribution in [1.82, 2.24) is 9.96 Å². The summed E-state index contributed by atoms with van der Waals surface area (Å²) in [7, 11) is 0. The number of nitrogens with two attached hydrogens (primary N) is 1. The Morgan fingerprint density at radius 2 is 1.58 bits per heavy atom. The topological polar surface area (TPSA) is 92.9 Å². The van der Waals surface area contributed by atoms with Crippen LogP contribution in [0.15, 0.2) is 54.6 Å². The number of primary amides is 1. The number of rotatable bonds is 5. The average molecular weight is 421 g/mol. The fourth-order valence-corrected chi connectivity index (χ4v) is 4.42. The van der Waals surface area contributed by atoms with Crippen molar-refractivity contribution in [2.75, 3.05) is 6.54 Å². The quantitative estimate of drug-likeness (QED) is 0.750. The molecule has 7 heteroatoms. The summed E-state index contributed by atoms with van der Waals surface area (Å²) in [6.07, 6.45) is -0.818. The molecule has 0 bridgehead atoms. The molecule has 2 aliphatic rings. The van der Waals surface area contributed by atoms with E-state index in [4.69, 9.17) is 10.6 Å². The van der Waals surface area contributed by atoms with Crippen molar-refractivity contribution < 1.29 is 19.2 Å². The van der Waals surface area contributed by atoms with Gasteiger partial charge in [-0.2, -0.15) is 5.06 Å². The highest BCUT2D eigenvalue weighted by Gasteiger charge is 2.61. The Kier molecular flexibility index (Phi) is 5.41. The minimum Gasteiger partial charge on any atom is -0.370 e. The Balaban J connectivity index is 1.68. The first-order valence-corrected chi connectivity index (χ1v) is 10.4. The van der Waals surface area contributed by atoms with Gasteiger partial charge in [0.2, 0.25) is 11.8 Å². The number of hydrogen-bond donors (Lipinski definition) is 1. The van der Waals surface area contributed by atoms with Gasteiger partial charge < -0.3 is 5.73 Å². The number of hydroxylamine groups is 2. The van der Waals surface area contributed by atoms with Gasteiger partial charge in [-0.05, 0) is 37.5 Å². The molecule has 0 aromatic heterocycles. The van der Waals surface area contributed by atoms with Crippen LogP contribution in [0.25, 0.3) is 11.1 Å². The summed E-state index contributed by atoms with van der Waals surface area (Å²) in [6, 6.07) is 17.4. The molecule has 2 fully saturated rings. The Morgan fingerprint density at radius 1 is 0.968 bits per heavy atom. The highest BCUT2D eigenvalue weighted by atomic mass is 16.7. The number of imide groups is 1. The zero-order chi connectivity index (χ0) is 22.3. The number of likely N-dealkylation sites (tertiary alicyclic amines) is 1. The van der Waals surface area contributed by atoms with Crippen molar-refractivity contribution in [3.63, 3.8) is 0 Å². The highest BCUT2D eigenvalue weighted by molar-refractivity contribution is 6.08. The molecule has 0 aliphatic carbocycles. The monoisotopic (exact) mass is 421 g/mol. The van der Waals surface area contributed by atoms with E-state index < -0.39 is 29.5 Å². The first kappa shape index (κ1) is 21.2. The van der Waals surface area contributed by atoms with Gasteiger partial charge in [-0.25, -0.2) is 0 Å². The lowest BCUT2D eigenvalue weighted by Crippen LogP contribution is -2.48. The van der Waals surface area contributed by atoms with Gasteiger partial charge in [0.25, 0.3) is 5.91 Å². The molecule has 4 rings (SSSR count). The molecular formula is C24H27N3O4. The molecule has 0 saturated carbocycles. The molecule has 31 heavy (non-hydrogen) atoms. The van der Waals surface area contributed by atoms with Crippen LogP contribution in [0, 0.1) is 5.92 Å². The third-order valence-corrected chi connectivity index (χ3v) is 5.80. The molecular weight excluding hydrogens is 394 g/mol. The van der Waals surface area contributed by atoms with Gasteiger partial charge >= 0.3 is 0 Å². The van der Waals surface area contributed by atoms with Crippen LogP contribution in [-0.4, -0.2) is 45.9 Å². The standard InChI is InChI=1S/C24H27N3O4/c1-24(2,3)27-22(29)19-20(26(14-13-18(25)28)31-21(19)23(27)30)17-11-9-16(10-12-17)15-7-5-4-6-8-15/h4-12,19-21H,13-14H2,1-3H3,(H2,25,28). The summed E-state index contributed by atoms with van der Waals surface area (Å²) >= 11 is 0. The lowest BCUT2D eigenvalue weighted by Gasteiger charge is -2.33. The maximum Gasteiger partial charge on any atom is 0.261 e. The van der Waals surface area contributed by atoms with E-state index in [1.54, 1.807) is 5.06 Å². The van der Waals surface area contributed by atoms with Crippen LogP contribution >= 0.6 is 0 Å². The predicted octanol–water partition coefficient (Wildman–Crippen LogP) is 2.67. The van der Waals surface area contributed by atoms with E-state index in [1.165, 1.54) is 4.90 Å². The normalized spacial score (nSPS) is 24.0. The van der Waals surface area contributed by atoms with Crippen LogP contribution < -0.4 is 5.73 Å². The molecule has 2 N–H and O–H groups in total. The van der Waals surface area contributed by atoms with Gasteiger partial charge in [-0.1, -0.05) is 54.6 Å². The maximum absolute atomic E-state index is 13.3. The largest absolute Gasteiger partial charge is 0.370 e. The fraction of sp³-hybridized carbons (Fsp3) is 0.375. The summed E-state index contributed by atoms with van der Waals surface area (Å²) in [5.74, 6) is -1.72. The van der Waals surface area contributed by atoms with Crippen LogP contribution in [-0.2, 0) is 19.2 Å². The summed E-state index contributed by atoms with van der Waals surface area (Å²) in [5.41, 5.74) is 7.68. The van der Waals surface area contributed by atoms with Crippen LogP contribution in [0.2, 0.25) is 0 Å². The van der Waals surface area contributed by atoms with Crippen LogP contribution in [0.5, 0.6) is 0 Å². The van der Waals surface area contributed by atoms with Gasteiger partial charge in [0.15, 0.2) is 6.10 Å². The Morgan fingerprint density at radius 3 is 2.16 bits per heavy atom.